The number of hydrogen-bond donors (Lipinski definition) is 1. The van der Waals surface area contributed by atoms with Crippen molar-refractivity contribution in [3.05, 3.63) is 82.2 Å². The summed E-state index contributed by atoms with van der Waals surface area (Å²) in [6.07, 6.45) is 0. The minimum absolute atomic E-state index is 0.152. The van der Waals surface area contributed by atoms with E-state index < -0.39 is 5.82 Å². The summed E-state index contributed by atoms with van der Waals surface area (Å²) in [6.45, 7) is 3.66. The number of nitrogens with zero attached hydrogens (tertiary/aromatic N) is 4. The van der Waals surface area contributed by atoms with Gasteiger partial charge in [-0.3, -0.25) is 10.2 Å². The molecule has 0 unspecified atom stereocenters. The molecule has 0 spiro atoms. The Balaban J connectivity index is 1.99. The molecule has 4 rings (SSSR count). The van der Waals surface area contributed by atoms with E-state index >= 15 is 0 Å². The van der Waals surface area contributed by atoms with Crippen molar-refractivity contribution in [2.45, 2.75) is 13.8 Å². The van der Waals surface area contributed by atoms with Crippen LogP contribution in [0, 0.1) is 19.7 Å². The van der Waals surface area contributed by atoms with Gasteiger partial charge in [-0.15, -0.1) is 0 Å². The van der Waals surface area contributed by atoms with Gasteiger partial charge < -0.3 is 0 Å². The number of aryl methyl sites for hydroxylation is 2. The topological polar surface area (TPSA) is 72.7 Å². The number of rotatable bonds is 3. The van der Waals surface area contributed by atoms with Gasteiger partial charge in [-0.2, -0.15) is 4.68 Å². The van der Waals surface area contributed by atoms with Gasteiger partial charge in [0.05, 0.1) is 16.5 Å². The molecule has 27 heavy (non-hydrogen) atoms. The van der Waals surface area contributed by atoms with Gasteiger partial charge in [0.15, 0.2) is 5.82 Å². The van der Waals surface area contributed by atoms with Crippen LogP contribution in [0.1, 0.15) is 11.4 Å². The molecule has 0 aliphatic heterocycles. The van der Waals surface area contributed by atoms with E-state index in [9.17, 15) is 9.18 Å². The molecule has 0 saturated heterocycles. The molecule has 0 saturated carbocycles. The molecule has 7 heteroatoms. The fraction of sp³-hybridized carbons (Fsp3) is 0.100. The van der Waals surface area contributed by atoms with Crippen molar-refractivity contribution in [1.29, 1.82) is 0 Å². The molecular formula is C20H16FN5O. The normalized spacial score (nSPS) is 10.9. The van der Waals surface area contributed by atoms with E-state index in [0.717, 1.165) is 11.4 Å². The molecule has 134 valence electrons. The number of halogens is 1. The van der Waals surface area contributed by atoms with Crippen molar-refractivity contribution < 1.29 is 4.39 Å². The Morgan fingerprint density at radius 1 is 0.926 bits per heavy atom. The molecule has 0 aliphatic rings. The molecule has 2 aromatic carbocycles. The summed E-state index contributed by atoms with van der Waals surface area (Å²) in [5.74, 6) is -0.0830. The summed E-state index contributed by atoms with van der Waals surface area (Å²) < 4.78 is 15.6. The third-order valence-electron chi connectivity index (χ3n) is 4.08. The molecule has 0 bridgehead atoms. The van der Waals surface area contributed by atoms with Gasteiger partial charge in [-0.05, 0) is 44.2 Å². The highest BCUT2D eigenvalue weighted by Gasteiger charge is 2.16. The molecule has 4 aromatic rings. The standard InChI is InChI=1S/C20H16FN5O/c1-12-11-13(2)23-20(22-12)25-26-18(14-7-3-5-9-16(14)21)24-17-10-6-4-8-15(17)19(26)27/h3-11H,1-2H3,(H,22,23,25). The lowest BCUT2D eigenvalue weighted by atomic mass is 10.2. The molecule has 1 N–H and O–H groups in total. The third-order valence-corrected chi connectivity index (χ3v) is 4.08. The monoisotopic (exact) mass is 361 g/mol. The molecule has 0 fully saturated rings. The zero-order chi connectivity index (χ0) is 19.0. The average molecular weight is 361 g/mol. The van der Waals surface area contributed by atoms with E-state index in [2.05, 4.69) is 20.4 Å². The highest BCUT2D eigenvalue weighted by atomic mass is 19.1. The molecule has 0 radical (unpaired) electrons. The maximum absolute atomic E-state index is 14.4. The van der Waals surface area contributed by atoms with Crippen LogP contribution in [0.2, 0.25) is 0 Å². The lowest BCUT2D eigenvalue weighted by Gasteiger charge is -2.15. The molecule has 2 heterocycles. The lowest BCUT2D eigenvalue weighted by Crippen LogP contribution is -2.30. The second-order valence-corrected chi connectivity index (χ2v) is 6.16. The van der Waals surface area contributed by atoms with E-state index in [0.29, 0.717) is 10.9 Å². The van der Waals surface area contributed by atoms with E-state index in [-0.39, 0.29) is 22.9 Å². The van der Waals surface area contributed by atoms with Crippen molar-refractivity contribution in [3.63, 3.8) is 0 Å². The fourth-order valence-corrected chi connectivity index (χ4v) is 2.94. The molecule has 0 atom stereocenters. The Morgan fingerprint density at radius 3 is 2.33 bits per heavy atom. The molecule has 0 aliphatic carbocycles. The Hall–Kier alpha value is -3.61. The van der Waals surface area contributed by atoms with Gasteiger partial charge in [-0.1, -0.05) is 24.3 Å². The summed E-state index contributed by atoms with van der Waals surface area (Å²) in [7, 11) is 0. The van der Waals surface area contributed by atoms with Gasteiger partial charge in [0.2, 0.25) is 5.95 Å². The van der Waals surface area contributed by atoms with Gasteiger partial charge in [0.25, 0.3) is 5.56 Å². The summed E-state index contributed by atoms with van der Waals surface area (Å²) in [4.78, 5) is 26.2. The SMILES string of the molecule is Cc1cc(C)nc(Nn2c(-c3ccccc3F)nc3ccccc3c2=O)n1. The summed E-state index contributed by atoms with van der Waals surface area (Å²) >= 11 is 0. The van der Waals surface area contributed by atoms with Gasteiger partial charge in [0.1, 0.15) is 5.82 Å². The smallest absolute Gasteiger partial charge is 0.267 e. The Kier molecular flexibility index (Phi) is 4.12. The molecule has 2 aromatic heterocycles. The van der Waals surface area contributed by atoms with Crippen LogP contribution in [-0.4, -0.2) is 19.6 Å². The number of fused-ring (bicyclic) bond motifs is 1. The van der Waals surface area contributed by atoms with E-state index in [1.807, 2.05) is 19.9 Å². The maximum atomic E-state index is 14.4. The number of benzene rings is 2. The van der Waals surface area contributed by atoms with Crippen molar-refractivity contribution in [2.75, 3.05) is 5.43 Å². The zero-order valence-corrected chi connectivity index (χ0v) is 14.8. The van der Waals surface area contributed by atoms with E-state index in [1.54, 1.807) is 42.5 Å². The number of anilines is 1. The van der Waals surface area contributed by atoms with Gasteiger partial charge in [0, 0.05) is 11.4 Å². The molecule has 0 amide bonds. The van der Waals surface area contributed by atoms with Gasteiger partial charge in [-0.25, -0.2) is 19.3 Å². The van der Waals surface area contributed by atoms with Crippen LogP contribution in [0.15, 0.2) is 59.4 Å². The number of para-hydroxylation sites is 1. The Bertz CT molecular complexity index is 1200. The van der Waals surface area contributed by atoms with Crippen LogP contribution in [-0.2, 0) is 0 Å². The lowest BCUT2D eigenvalue weighted by molar-refractivity contribution is 0.628. The minimum atomic E-state index is -0.475. The van der Waals surface area contributed by atoms with Crippen molar-refractivity contribution in [1.82, 2.24) is 19.6 Å². The number of nitrogens with one attached hydrogen (secondary N) is 1. The van der Waals surface area contributed by atoms with Gasteiger partial charge >= 0.3 is 0 Å². The summed E-state index contributed by atoms with van der Waals surface area (Å²) in [6, 6.07) is 14.9. The summed E-state index contributed by atoms with van der Waals surface area (Å²) in [5.41, 5.74) is 4.72. The highest BCUT2D eigenvalue weighted by Crippen LogP contribution is 2.22. The first kappa shape index (κ1) is 16.8. The van der Waals surface area contributed by atoms with E-state index in [1.165, 1.54) is 10.7 Å². The molecular weight excluding hydrogens is 345 g/mol. The Morgan fingerprint density at radius 2 is 1.59 bits per heavy atom. The first-order valence-corrected chi connectivity index (χ1v) is 8.39. The fourth-order valence-electron chi connectivity index (χ4n) is 2.94. The minimum Gasteiger partial charge on any atom is -0.267 e. The van der Waals surface area contributed by atoms with Crippen LogP contribution in [0.25, 0.3) is 22.3 Å². The van der Waals surface area contributed by atoms with Crippen molar-refractivity contribution >= 4 is 16.9 Å². The third kappa shape index (κ3) is 3.15. The molecule has 6 nitrogen and oxygen atoms in total. The second-order valence-electron chi connectivity index (χ2n) is 6.16. The summed E-state index contributed by atoms with van der Waals surface area (Å²) in [5, 5.41) is 0.412. The first-order valence-electron chi connectivity index (χ1n) is 8.39. The zero-order valence-electron chi connectivity index (χ0n) is 14.8. The number of hydrogen-bond acceptors (Lipinski definition) is 5. The van der Waals surface area contributed by atoms with Crippen LogP contribution in [0.4, 0.5) is 10.3 Å². The maximum Gasteiger partial charge on any atom is 0.280 e. The van der Waals surface area contributed by atoms with E-state index in [4.69, 9.17) is 0 Å². The average Bonchev–Trinajstić information content (AvgIpc) is 2.64. The van der Waals surface area contributed by atoms with Crippen molar-refractivity contribution in [3.8, 4) is 11.4 Å². The second kappa shape index (κ2) is 6.60. The quantitative estimate of drug-likeness (QED) is 0.605. The van der Waals surface area contributed by atoms with Crippen LogP contribution < -0.4 is 11.0 Å². The predicted molar refractivity (Wildman–Crippen MR) is 102 cm³/mol. The largest absolute Gasteiger partial charge is 0.280 e. The van der Waals surface area contributed by atoms with Crippen LogP contribution >= 0.6 is 0 Å². The Labute approximate surface area is 154 Å². The number of aromatic nitrogens is 4. The first-order chi connectivity index (χ1) is 13.0. The van der Waals surface area contributed by atoms with Crippen molar-refractivity contribution in [2.24, 2.45) is 0 Å². The van der Waals surface area contributed by atoms with Crippen LogP contribution in [0.3, 0.4) is 0 Å². The van der Waals surface area contributed by atoms with Crippen LogP contribution in [0.5, 0.6) is 0 Å². The highest BCUT2D eigenvalue weighted by molar-refractivity contribution is 5.80. The predicted octanol–water partition coefficient (Wildman–Crippen LogP) is 3.48.